The first-order valence-corrected chi connectivity index (χ1v) is 7.53. The van der Waals surface area contributed by atoms with Gasteiger partial charge in [-0.25, -0.2) is 0 Å². The van der Waals surface area contributed by atoms with Crippen LogP contribution in [0, 0.1) is 11.8 Å². The molecular weight excluding hydrogens is 281 g/mol. The minimum atomic E-state index is -4.13. The third kappa shape index (κ3) is 8.14. The molecule has 1 aliphatic heterocycles. The van der Waals surface area contributed by atoms with Crippen molar-refractivity contribution in [2.45, 2.75) is 32.9 Å². The van der Waals surface area contributed by atoms with E-state index in [1.54, 1.807) is 7.05 Å². The van der Waals surface area contributed by atoms with E-state index in [-0.39, 0.29) is 6.54 Å². The largest absolute Gasteiger partial charge is 0.390 e. The van der Waals surface area contributed by atoms with E-state index in [0.29, 0.717) is 24.3 Å². The summed E-state index contributed by atoms with van der Waals surface area (Å²) in [6.45, 7) is 8.11. The lowest BCUT2D eigenvalue weighted by Crippen LogP contribution is -2.45. The van der Waals surface area contributed by atoms with Gasteiger partial charge in [-0.2, -0.15) is 13.2 Å². The first kappa shape index (κ1) is 18.1. The van der Waals surface area contributed by atoms with E-state index in [1.165, 1.54) is 6.42 Å². The Hall–Kier alpha value is -0.980. The summed E-state index contributed by atoms with van der Waals surface area (Å²) in [6, 6.07) is 0. The van der Waals surface area contributed by atoms with Crippen LogP contribution in [0.3, 0.4) is 0 Å². The number of halogens is 3. The number of alkyl halides is 3. The van der Waals surface area contributed by atoms with Crippen molar-refractivity contribution in [3.8, 4) is 0 Å². The third-order valence-corrected chi connectivity index (χ3v) is 3.59. The lowest BCUT2D eigenvalue weighted by molar-refractivity contribution is -0.132. The summed E-state index contributed by atoms with van der Waals surface area (Å²) in [5.74, 6) is 1.84. The number of nitrogens with zero attached hydrogens (tertiary/aromatic N) is 2. The highest BCUT2D eigenvalue weighted by molar-refractivity contribution is 5.79. The van der Waals surface area contributed by atoms with Gasteiger partial charge in [0.05, 0.1) is 6.42 Å². The molecule has 4 nitrogen and oxygen atoms in total. The maximum atomic E-state index is 12.1. The number of guanidine groups is 1. The van der Waals surface area contributed by atoms with Gasteiger partial charge in [-0.3, -0.25) is 4.99 Å². The van der Waals surface area contributed by atoms with Gasteiger partial charge in [-0.15, -0.1) is 0 Å². The monoisotopic (exact) mass is 308 g/mol. The fourth-order valence-electron chi connectivity index (χ4n) is 2.85. The minimum Gasteiger partial charge on any atom is -0.356 e. The van der Waals surface area contributed by atoms with Crippen LogP contribution in [0.5, 0.6) is 0 Å². The molecule has 7 heteroatoms. The van der Waals surface area contributed by atoms with E-state index in [0.717, 1.165) is 19.6 Å². The molecule has 1 rings (SSSR count). The van der Waals surface area contributed by atoms with E-state index in [2.05, 4.69) is 34.4 Å². The standard InChI is InChI=1S/C14H27F3N4/c1-11-8-12(2)10-21(9-11)7-6-20-13(18-3)19-5-4-14(15,16)17/h11-12H,4-10H2,1-3H3,(H2,18,19,20). The number of piperidine rings is 1. The summed E-state index contributed by atoms with van der Waals surface area (Å²) in [6.07, 6.45) is -3.72. The zero-order valence-electron chi connectivity index (χ0n) is 13.1. The van der Waals surface area contributed by atoms with E-state index in [1.807, 2.05) is 0 Å². The Labute approximate surface area is 125 Å². The van der Waals surface area contributed by atoms with Gasteiger partial charge in [-0.05, 0) is 18.3 Å². The highest BCUT2D eigenvalue weighted by Gasteiger charge is 2.26. The fraction of sp³-hybridized carbons (Fsp3) is 0.929. The summed E-state index contributed by atoms with van der Waals surface area (Å²) in [5, 5.41) is 5.74. The zero-order chi connectivity index (χ0) is 15.9. The van der Waals surface area contributed by atoms with E-state index >= 15 is 0 Å². The summed E-state index contributed by atoms with van der Waals surface area (Å²) in [5.41, 5.74) is 0. The van der Waals surface area contributed by atoms with Crippen LogP contribution in [-0.2, 0) is 0 Å². The van der Waals surface area contributed by atoms with Crippen molar-refractivity contribution in [1.29, 1.82) is 0 Å². The Morgan fingerprint density at radius 2 is 1.71 bits per heavy atom. The number of aliphatic imine (C=N–C) groups is 1. The number of hydrogen-bond acceptors (Lipinski definition) is 2. The maximum Gasteiger partial charge on any atom is 0.390 e. The normalized spacial score (nSPS) is 25.0. The number of rotatable bonds is 5. The molecule has 0 amide bonds. The Morgan fingerprint density at radius 1 is 1.14 bits per heavy atom. The van der Waals surface area contributed by atoms with E-state index in [4.69, 9.17) is 0 Å². The van der Waals surface area contributed by atoms with Gasteiger partial charge in [0.15, 0.2) is 5.96 Å². The average molecular weight is 308 g/mol. The van der Waals surface area contributed by atoms with E-state index < -0.39 is 12.6 Å². The molecule has 0 spiro atoms. The van der Waals surface area contributed by atoms with Crippen molar-refractivity contribution < 1.29 is 13.2 Å². The van der Waals surface area contributed by atoms with Crippen LogP contribution in [-0.4, -0.2) is 56.8 Å². The van der Waals surface area contributed by atoms with Crippen molar-refractivity contribution in [1.82, 2.24) is 15.5 Å². The van der Waals surface area contributed by atoms with Gasteiger partial charge in [-0.1, -0.05) is 13.8 Å². The number of likely N-dealkylation sites (tertiary alicyclic amines) is 1. The molecular formula is C14H27F3N4. The van der Waals surface area contributed by atoms with Crippen molar-refractivity contribution in [2.75, 3.05) is 39.8 Å². The zero-order valence-corrected chi connectivity index (χ0v) is 13.1. The fourth-order valence-corrected chi connectivity index (χ4v) is 2.85. The third-order valence-electron chi connectivity index (χ3n) is 3.59. The molecule has 21 heavy (non-hydrogen) atoms. The molecule has 0 aromatic heterocycles. The maximum absolute atomic E-state index is 12.1. The van der Waals surface area contributed by atoms with Crippen LogP contribution in [0.1, 0.15) is 26.7 Å². The van der Waals surface area contributed by atoms with Crippen molar-refractivity contribution >= 4 is 5.96 Å². The summed E-state index contributed by atoms with van der Waals surface area (Å²) in [4.78, 5) is 6.33. The molecule has 0 bridgehead atoms. The predicted octanol–water partition coefficient (Wildman–Crippen LogP) is 2.08. The Bertz CT molecular complexity index is 321. The Balaban J connectivity index is 2.20. The number of nitrogens with one attached hydrogen (secondary N) is 2. The molecule has 2 N–H and O–H groups in total. The first-order valence-electron chi connectivity index (χ1n) is 7.53. The molecule has 0 radical (unpaired) electrons. The highest BCUT2D eigenvalue weighted by atomic mass is 19.4. The van der Waals surface area contributed by atoms with Gasteiger partial charge in [0.1, 0.15) is 0 Å². The molecule has 124 valence electrons. The number of hydrogen-bond donors (Lipinski definition) is 2. The van der Waals surface area contributed by atoms with Crippen LogP contribution in [0.15, 0.2) is 4.99 Å². The van der Waals surface area contributed by atoms with Gasteiger partial charge in [0, 0.05) is 39.8 Å². The quantitative estimate of drug-likeness (QED) is 0.603. The minimum absolute atomic E-state index is 0.152. The summed E-state index contributed by atoms with van der Waals surface area (Å²) in [7, 11) is 1.56. The SMILES string of the molecule is CN=C(NCCN1CC(C)CC(C)C1)NCCC(F)(F)F. The van der Waals surface area contributed by atoms with Crippen molar-refractivity contribution in [2.24, 2.45) is 16.8 Å². The topological polar surface area (TPSA) is 39.7 Å². The second kappa shape index (κ2) is 8.46. The van der Waals surface area contributed by atoms with Gasteiger partial charge in [0.2, 0.25) is 0 Å². The van der Waals surface area contributed by atoms with E-state index in [9.17, 15) is 13.2 Å². The molecule has 2 atom stereocenters. The van der Waals surface area contributed by atoms with Crippen LogP contribution in [0.2, 0.25) is 0 Å². The predicted molar refractivity (Wildman–Crippen MR) is 79.4 cm³/mol. The molecule has 1 heterocycles. The van der Waals surface area contributed by atoms with Crippen LogP contribution >= 0.6 is 0 Å². The second-order valence-electron chi connectivity index (χ2n) is 6.00. The van der Waals surface area contributed by atoms with Crippen LogP contribution < -0.4 is 10.6 Å². The molecule has 1 aliphatic rings. The van der Waals surface area contributed by atoms with Gasteiger partial charge in [0.25, 0.3) is 0 Å². The molecule has 0 aliphatic carbocycles. The van der Waals surface area contributed by atoms with Gasteiger partial charge >= 0.3 is 6.18 Å². The van der Waals surface area contributed by atoms with Crippen molar-refractivity contribution in [3.63, 3.8) is 0 Å². The lowest BCUT2D eigenvalue weighted by Gasteiger charge is -2.35. The Kier molecular flexibility index (Phi) is 7.28. The second-order valence-corrected chi connectivity index (χ2v) is 6.00. The molecule has 0 saturated carbocycles. The summed E-state index contributed by atoms with van der Waals surface area (Å²) >= 11 is 0. The smallest absolute Gasteiger partial charge is 0.356 e. The molecule has 1 saturated heterocycles. The van der Waals surface area contributed by atoms with Gasteiger partial charge < -0.3 is 15.5 Å². The molecule has 1 fully saturated rings. The molecule has 0 aromatic carbocycles. The van der Waals surface area contributed by atoms with Crippen LogP contribution in [0.25, 0.3) is 0 Å². The average Bonchev–Trinajstić information content (AvgIpc) is 2.34. The summed E-state index contributed by atoms with van der Waals surface area (Å²) < 4.78 is 36.2. The van der Waals surface area contributed by atoms with Crippen molar-refractivity contribution in [3.05, 3.63) is 0 Å². The molecule has 0 aromatic rings. The molecule has 2 unspecified atom stereocenters. The highest BCUT2D eigenvalue weighted by Crippen LogP contribution is 2.20. The first-order chi connectivity index (χ1) is 9.80. The lowest BCUT2D eigenvalue weighted by atomic mass is 9.92. The Morgan fingerprint density at radius 3 is 2.24 bits per heavy atom. The van der Waals surface area contributed by atoms with Crippen LogP contribution in [0.4, 0.5) is 13.2 Å².